The summed E-state index contributed by atoms with van der Waals surface area (Å²) >= 11 is 0. The van der Waals surface area contributed by atoms with Gasteiger partial charge >= 0.3 is 6.61 Å². The van der Waals surface area contributed by atoms with Crippen molar-refractivity contribution < 1.29 is 18.3 Å². The monoisotopic (exact) mass is 391 g/mol. The highest BCUT2D eigenvalue weighted by Crippen LogP contribution is 2.22. The molecule has 7 heteroatoms. The van der Waals surface area contributed by atoms with E-state index in [1.54, 1.807) is 19.2 Å². The lowest BCUT2D eigenvalue weighted by atomic mass is 10.1. The summed E-state index contributed by atoms with van der Waals surface area (Å²) in [6.07, 6.45) is 0. The molecular formula is C21H27F2N3O2. The van der Waals surface area contributed by atoms with E-state index in [1.165, 1.54) is 0 Å². The highest BCUT2D eigenvalue weighted by molar-refractivity contribution is 5.79. The fraction of sp³-hybridized carbons (Fsp3) is 0.381. The summed E-state index contributed by atoms with van der Waals surface area (Å²) in [6, 6.07) is 13.1. The summed E-state index contributed by atoms with van der Waals surface area (Å²) < 4.78 is 35.0. The quantitative estimate of drug-likeness (QED) is 0.501. The first kappa shape index (κ1) is 21.6. The smallest absolute Gasteiger partial charge is 0.387 e. The molecule has 0 saturated carbocycles. The fourth-order valence-electron chi connectivity index (χ4n) is 2.73. The molecule has 28 heavy (non-hydrogen) atoms. The summed E-state index contributed by atoms with van der Waals surface area (Å²) in [6.45, 7) is 3.05. The zero-order valence-electron chi connectivity index (χ0n) is 16.5. The van der Waals surface area contributed by atoms with Crippen LogP contribution < -0.4 is 15.4 Å². The summed E-state index contributed by atoms with van der Waals surface area (Å²) in [5, 5.41) is 6.34. The molecule has 0 atom stereocenters. The molecule has 0 radical (unpaired) electrons. The zero-order chi connectivity index (χ0) is 20.4. The lowest BCUT2D eigenvalue weighted by Crippen LogP contribution is -2.36. The van der Waals surface area contributed by atoms with Crippen molar-refractivity contribution in [3.05, 3.63) is 64.7 Å². The van der Waals surface area contributed by atoms with Crippen molar-refractivity contribution in [3.8, 4) is 5.75 Å². The third-order valence-corrected chi connectivity index (χ3v) is 3.94. The van der Waals surface area contributed by atoms with Crippen LogP contribution in [0.5, 0.6) is 5.75 Å². The number of hydrogen-bond acceptors (Lipinski definition) is 3. The lowest BCUT2D eigenvalue weighted by molar-refractivity contribution is -0.0504. The number of methoxy groups -OCH3 is 1. The van der Waals surface area contributed by atoms with Crippen molar-refractivity contribution >= 4 is 5.96 Å². The Labute approximate surface area is 164 Å². The topological polar surface area (TPSA) is 54.9 Å². The zero-order valence-corrected chi connectivity index (χ0v) is 16.5. The van der Waals surface area contributed by atoms with Gasteiger partial charge in [0.15, 0.2) is 5.96 Å². The molecule has 5 nitrogen and oxygen atoms in total. The van der Waals surface area contributed by atoms with Crippen LogP contribution in [0.4, 0.5) is 8.78 Å². The van der Waals surface area contributed by atoms with Gasteiger partial charge in [-0.2, -0.15) is 8.78 Å². The van der Waals surface area contributed by atoms with E-state index in [2.05, 4.69) is 20.4 Å². The third kappa shape index (κ3) is 7.15. The molecule has 0 fully saturated rings. The number of guanidine groups is 1. The van der Waals surface area contributed by atoms with Crippen LogP contribution in [0.1, 0.15) is 29.2 Å². The number of nitrogens with zero attached hydrogens (tertiary/aromatic N) is 1. The average molecular weight is 391 g/mol. The second kappa shape index (κ2) is 11.2. The molecule has 0 aliphatic rings. The highest BCUT2D eigenvalue weighted by atomic mass is 19.3. The van der Waals surface area contributed by atoms with E-state index >= 15 is 0 Å². The maximum Gasteiger partial charge on any atom is 0.387 e. The van der Waals surface area contributed by atoms with Crippen LogP contribution in [0.25, 0.3) is 0 Å². The molecule has 0 heterocycles. The molecule has 152 valence electrons. The van der Waals surface area contributed by atoms with E-state index in [4.69, 9.17) is 4.74 Å². The summed E-state index contributed by atoms with van der Waals surface area (Å²) in [5.74, 6) is 0.764. The predicted molar refractivity (Wildman–Crippen MR) is 107 cm³/mol. The Bertz CT molecular complexity index is 782. The maximum absolute atomic E-state index is 12.6. The molecule has 2 rings (SSSR count). The molecule has 0 amide bonds. The van der Waals surface area contributed by atoms with Crippen molar-refractivity contribution in [1.29, 1.82) is 0 Å². The van der Waals surface area contributed by atoms with Gasteiger partial charge in [0.2, 0.25) is 0 Å². The molecule has 0 aliphatic carbocycles. The van der Waals surface area contributed by atoms with E-state index in [-0.39, 0.29) is 5.75 Å². The number of ether oxygens (including phenoxy) is 2. The van der Waals surface area contributed by atoms with Gasteiger partial charge in [-0.05, 0) is 31.0 Å². The molecule has 2 N–H and O–H groups in total. The Morgan fingerprint density at radius 3 is 2.61 bits per heavy atom. The molecule has 0 aromatic heterocycles. The van der Waals surface area contributed by atoms with E-state index in [0.29, 0.717) is 37.8 Å². The summed E-state index contributed by atoms with van der Waals surface area (Å²) in [4.78, 5) is 4.58. The van der Waals surface area contributed by atoms with Crippen molar-refractivity contribution in [2.75, 3.05) is 13.7 Å². The Balaban J connectivity index is 2.07. The predicted octanol–water partition coefficient (Wildman–Crippen LogP) is 4.00. The van der Waals surface area contributed by atoms with Crippen LogP contribution in [-0.4, -0.2) is 26.2 Å². The van der Waals surface area contributed by atoms with Gasteiger partial charge in [-0.25, -0.2) is 4.99 Å². The Morgan fingerprint density at radius 2 is 1.89 bits per heavy atom. The van der Waals surface area contributed by atoms with Crippen molar-refractivity contribution in [1.82, 2.24) is 10.6 Å². The number of nitrogens with one attached hydrogen (secondary N) is 2. The van der Waals surface area contributed by atoms with Crippen LogP contribution in [0.15, 0.2) is 47.5 Å². The van der Waals surface area contributed by atoms with Crippen LogP contribution >= 0.6 is 0 Å². The molecule has 2 aromatic rings. The van der Waals surface area contributed by atoms with Gasteiger partial charge in [0.25, 0.3) is 0 Å². The van der Waals surface area contributed by atoms with Gasteiger partial charge < -0.3 is 20.1 Å². The maximum atomic E-state index is 12.6. The fourth-order valence-corrected chi connectivity index (χ4v) is 2.73. The Hall–Kier alpha value is -2.67. The van der Waals surface area contributed by atoms with Gasteiger partial charge in [-0.1, -0.05) is 42.0 Å². The van der Waals surface area contributed by atoms with Gasteiger partial charge in [0.1, 0.15) is 5.75 Å². The first-order valence-corrected chi connectivity index (χ1v) is 9.15. The van der Waals surface area contributed by atoms with Crippen molar-refractivity contribution in [2.24, 2.45) is 4.99 Å². The molecule has 0 saturated heterocycles. The third-order valence-electron chi connectivity index (χ3n) is 3.94. The lowest BCUT2D eigenvalue weighted by Gasteiger charge is -2.15. The number of hydrogen-bond donors (Lipinski definition) is 2. The van der Waals surface area contributed by atoms with Crippen molar-refractivity contribution in [2.45, 2.75) is 40.2 Å². The second-order valence-corrected chi connectivity index (χ2v) is 6.29. The minimum absolute atomic E-state index is 0.163. The van der Waals surface area contributed by atoms with E-state index < -0.39 is 6.61 Å². The minimum atomic E-state index is -2.86. The standard InChI is InChI=1S/C21H27F2N3O2/c1-4-24-21(25-12-16-6-5-7-17(11-16)14-27-3)26-13-18-10-15(2)8-9-19(18)28-20(22)23/h5-11,20H,4,12-14H2,1-3H3,(H2,24,25,26). The van der Waals surface area contributed by atoms with Crippen LogP contribution in [0.3, 0.4) is 0 Å². The number of rotatable bonds is 9. The van der Waals surface area contributed by atoms with Gasteiger partial charge in [0, 0.05) is 25.8 Å². The largest absolute Gasteiger partial charge is 0.434 e. The first-order chi connectivity index (χ1) is 13.5. The number of alkyl halides is 2. The highest BCUT2D eigenvalue weighted by Gasteiger charge is 2.10. The van der Waals surface area contributed by atoms with Gasteiger partial charge in [-0.15, -0.1) is 0 Å². The Kier molecular flexibility index (Phi) is 8.68. The number of halogens is 2. The van der Waals surface area contributed by atoms with Gasteiger partial charge in [-0.3, -0.25) is 0 Å². The molecule has 2 aromatic carbocycles. The SMILES string of the molecule is CCNC(=NCc1cccc(COC)c1)NCc1cc(C)ccc1OC(F)F. The summed E-state index contributed by atoms with van der Waals surface area (Å²) in [5.41, 5.74) is 3.76. The van der Waals surface area contributed by atoms with E-state index in [1.807, 2.05) is 44.2 Å². The summed E-state index contributed by atoms with van der Waals surface area (Å²) in [7, 11) is 1.66. The van der Waals surface area contributed by atoms with Crippen LogP contribution in [0, 0.1) is 6.92 Å². The van der Waals surface area contributed by atoms with Crippen LogP contribution in [-0.2, 0) is 24.4 Å². The van der Waals surface area contributed by atoms with E-state index in [0.717, 1.165) is 16.7 Å². The molecule has 0 unspecified atom stereocenters. The first-order valence-electron chi connectivity index (χ1n) is 9.15. The van der Waals surface area contributed by atoms with Gasteiger partial charge in [0.05, 0.1) is 13.2 Å². The average Bonchev–Trinajstić information content (AvgIpc) is 2.66. The van der Waals surface area contributed by atoms with E-state index in [9.17, 15) is 8.78 Å². The molecular weight excluding hydrogens is 364 g/mol. The second-order valence-electron chi connectivity index (χ2n) is 6.29. The molecule has 0 aliphatic heterocycles. The van der Waals surface area contributed by atoms with Crippen molar-refractivity contribution in [3.63, 3.8) is 0 Å². The minimum Gasteiger partial charge on any atom is -0.434 e. The normalized spacial score (nSPS) is 11.6. The number of benzene rings is 2. The number of aliphatic imine (C=N–C) groups is 1. The Morgan fingerprint density at radius 1 is 1.11 bits per heavy atom. The van der Waals surface area contributed by atoms with Crippen LogP contribution in [0.2, 0.25) is 0 Å². The number of aryl methyl sites for hydroxylation is 1. The molecule has 0 bridgehead atoms. The molecule has 0 spiro atoms.